The number of halogens is 3. The Morgan fingerprint density at radius 2 is 1.88 bits per heavy atom. The molecule has 130 valence electrons. The summed E-state index contributed by atoms with van der Waals surface area (Å²) in [6, 6.07) is 4.23. The third-order valence-electron chi connectivity index (χ3n) is 3.70. The molecule has 0 aliphatic carbocycles. The third-order valence-corrected chi connectivity index (χ3v) is 3.70. The molecule has 1 atom stereocenters. The molecular weight excluding hydrogens is 329 g/mol. The topological polar surface area (TPSA) is 66.9 Å². The van der Waals surface area contributed by atoms with Gasteiger partial charge in [0, 0.05) is 13.6 Å². The maximum atomic E-state index is 12.5. The highest BCUT2D eigenvalue weighted by molar-refractivity contribution is 6.42. The Balaban J connectivity index is 2.11. The van der Waals surface area contributed by atoms with Crippen molar-refractivity contribution in [2.24, 2.45) is 5.92 Å². The molecule has 2 amide bonds. The Morgan fingerprint density at radius 3 is 2.29 bits per heavy atom. The van der Waals surface area contributed by atoms with Crippen LogP contribution in [0.2, 0.25) is 0 Å². The van der Waals surface area contributed by atoms with Gasteiger partial charge in [-0.05, 0) is 17.7 Å². The zero-order chi connectivity index (χ0) is 18.1. The average Bonchev–Trinajstić information content (AvgIpc) is 2.79. The van der Waals surface area contributed by atoms with Gasteiger partial charge >= 0.3 is 6.18 Å². The number of hydroxylamine groups is 2. The smallest absolute Gasteiger partial charge is 0.338 e. The molecule has 0 aromatic heterocycles. The van der Waals surface area contributed by atoms with Crippen LogP contribution in [0.25, 0.3) is 0 Å². The van der Waals surface area contributed by atoms with Crippen LogP contribution in [0.3, 0.4) is 0 Å². The summed E-state index contributed by atoms with van der Waals surface area (Å²) in [5.41, 5.74) is -0.414. The van der Waals surface area contributed by atoms with Crippen LogP contribution in [-0.4, -0.2) is 48.3 Å². The fraction of sp³-hybridized carbons (Fsp3) is 0.400. The SMILES string of the molecule is CON(Cc1ccc(C(F)(F)F)cc1)C(=O)C1CN(C)C(=O)C1=O. The summed E-state index contributed by atoms with van der Waals surface area (Å²) in [5, 5.41) is 0.859. The molecule has 1 aromatic rings. The first kappa shape index (κ1) is 17.9. The maximum absolute atomic E-state index is 12.5. The fourth-order valence-electron chi connectivity index (χ4n) is 2.34. The van der Waals surface area contributed by atoms with E-state index in [0.29, 0.717) is 5.56 Å². The second-order valence-corrected chi connectivity index (χ2v) is 5.35. The molecule has 0 N–H and O–H groups in total. The number of carbonyl (C=O) groups is 3. The van der Waals surface area contributed by atoms with Gasteiger partial charge in [0.1, 0.15) is 5.92 Å². The molecule has 0 spiro atoms. The Labute approximate surface area is 135 Å². The van der Waals surface area contributed by atoms with Crippen molar-refractivity contribution in [2.75, 3.05) is 20.7 Å². The van der Waals surface area contributed by atoms with Gasteiger partial charge in [-0.15, -0.1) is 0 Å². The number of rotatable bonds is 4. The highest BCUT2D eigenvalue weighted by Gasteiger charge is 2.43. The molecule has 24 heavy (non-hydrogen) atoms. The number of benzene rings is 1. The van der Waals surface area contributed by atoms with Gasteiger partial charge in [-0.2, -0.15) is 13.2 Å². The number of likely N-dealkylation sites (N-methyl/N-ethyl adjacent to an activating group) is 1. The van der Waals surface area contributed by atoms with Gasteiger partial charge in [-0.1, -0.05) is 12.1 Å². The van der Waals surface area contributed by atoms with Gasteiger partial charge < -0.3 is 4.90 Å². The molecule has 1 saturated heterocycles. The summed E-state index contributed by atoms with van der Waals surface area (Å²) >= 11 is 0. The number of hydrogen-bond acceptors (Lipinski definition) is 4. The first-order chi connectivity index (χ1) is 11.1. The highest BCUT2D eigenvalue weighted by Crippen LogP contribution is 2.29. The van der Waals surface area contributed by atoms with Gasteiger partial charge in [0.15, 0.2) is 0 Å². The highest BCUT2D eigenvalue weighted by atomic mass is 19.4. The monoisotopic (exact) mass is 344 g/mol. The normalized spacial score (nSPS) is 18.2. The van der Waals surface area contributed by atoms with E-state index in [1.807, 2.05) is 0 Å². The van der Waals surface area contributed by atoms with Crippen molar-refractivity contribution in [1.29, 1.82) is 0 Å². The van der Waals surface area contributed by atoms with Crippen molar-refractivity contribution in [3.63, 3.8) is 0 Å². The van der Waals surface area contributed by atoms with E-state index in [1.165, 1.54) is 26.3 Å². The standard InChI is InChI=1S/C15H15F3N2O4/c1-19-8-11(12(21)14(19)23)13(22)20(24-2)7-9-3-5-10(6-4-9)15(16,17)18/h3-6,11H,7-8H2,1-2H3. The number of likely N-dealkylation sites (tertiary alicyclic amines) is 1. The van der Waals surface area contributed by atoms with Crippen LogP contribution >= 0.6 is 0 Å². The van der Waals surface area contributed by atoms with Crippen molar-refractivity contribution in [2.45, 2.75) is 12.7 Å². The van der Waals surface area contributed by atoms with Crippen LogP contribution in [0.4, 0.5) is 13.2 Å². The van der Waals surface area contributed by atoms with Crippen LogP contribution in [0, 0.1) is 5.92 Å². The lowest BCUT2D eigenvalue weighted by Gasteiger charge is -2.22. The van der Waals surface area contributed by atoms with Crippen LogP contribution in [0.15, 0.2) is 24.3 Å². The predicted molar refractivity (Wildman–Crippen MR) is 75.1 cm³/mol. The van der Waals surface area contributed by atoms with E-state index in [-0.39, 0.29) is 13.1 Å². The molecular formula is C15H15F3N2O4. The third kappa shape index (κ3) is 3.56. The van der Waals surface area contributed by atoms with Gasteiger partial charge in [-0.25, -0.2) is 5.06 Å². The van der Waals surface area contributed by atoms with Crippen molar-refractivity contribution in [3.8, 4) is 0 Å². The quantitative estimate of drug-likeness (QED) is 0.468. The summed E-state index contributed by atoms with van der Waals surface area (Å²) in [7, 11) is 2.60. The largest absolute Gasteiger partial charge is 0.416 e. The molecule has 0 saturated carbocycles. The Morgan fingerprint density at radius 1 is 1.29 bits per heavy atom. The lowest BCUT2D eigenvalue weighted by Crippen LogP contribution is -2.38. The molecule has 1 aliphatic rings. The van der Waals surface area contributed by atoms with E-state index in [9.17, 15) is 27.6 Å². The first-order valence-electron chi connectivity index (χ1n) is 6.96. The maximum Gasteiger partial charge on any atom is 0.416 e. The molecule has 0 radical (unpaired) electrons. The van der Waals surface area contributed by atoms with Crippen molar-refractivity contribution >= 4 is 17.6 Å². The fourth-order valence-corrected chi connectivity index (χ4v) is 2.34. The number of hydrogen-bond donors (Lipinski definition) is 0. The molecule has 2 rings (SSSR count). The van der Waals surface area contributed by atoms with Gasteiger partial charge in [-0.3, -0.25) is 19.2 Å². The summed E-state index contributed by atoms with van der Waals surface area (Å²) in [6.07, 6.45) is -4.45. The van der Waals surface area contributed by atoms with Crippen LogP contribution in [0.5, 0.6) is 0 Å². The summed E-state index contributed by atoms with van der Waals surface area (Å²) in [5.74, 6) is -3.45. The number of nitrogens with zero attached hydrogens (tertiary/aromatic N) is 2. The first-order valence-corrected chi connectivity index (χ1v) is 6.96. The summed E-state index contributed by atoms with van der Waals surface area (Å²) in [6.45, 7) is -0.196. The number of alkyl halides is 3. The summed E-state index contributed by atoms with van der Waals surface area (Å²) in [4.78, 5) is 41.6. The number of Topliss-reactive ketones (excluding diaryl/α,β-unsaturated/α-hetero) is 1. The van der Waals surface area contributed by atoms with E-state index in [2.05, 4.69) is 0 Å². The van der Waals surface area contributed by atoms with Gasteiger partial charge in [0.25, 0.3) is 11.8 Å². The Bertz CT molecular complexity index is 658. The van der Waals surface area contributed by atoms with Crippen molar-refractivity contribution in [1.82, 2.24) is 9.96 Å². The lowest BCUT2D eigenvalue weighted by molar-refractivity contribution is -0.184. The van der Waals surface area contributed by atoms with E-state index < -0.39 is 35.3 Å². The summed E-state index contributed by atoms with van der Waals surface area (Å²) < 4.78 is 37.6. The molecule has 1 heterocycles. The van der Waals surface area contributed by atoms with Crippen molar-refractivity contribution in [3.05, 3.63) is 35.4 Å². The number of amides is 2. The lowest BCUT2D eigenvalue weighted by atomic mass is 10.1. The molecule has 1 aromatic carbocycles. The van der Waals surface area contributed by atoms with Gasteiger partial charge in [0.05, 0.1) is 19.2 Å². The second kappa shape index (κ2) is 6.60. The minimum Gasteiger partial charge on any atom is -0.338 e. The Hall–Kier alpha value is -2.42. The minimum atomic E-state index is -4.45. The number of carbonyl (C=O) groups excluding carboxylic acids is 3. The average molecular weight is 344 g/mol. The van der Waals surface area contributed by atoms with Crippen molar-refractivity contribution < 1.29 is 32.4 Å². The van der Waals surface area contributed by atoms with Crippen LogP contribution < -0.4 is 0 Å². The number of ketones is 1. The molecule has 1 aliphatic heterocycles. The zero-order valence-corrected chi connectivity index (χ0v) is 13.0. The Kier molecular flexibility index (Phi) is 4.93. The molecule has 0 bridgehead atoms. The molecule has 1 unspecified atom stereocenters. The van der Waals surface area contributed by atoms with Crippen LogP contribution in [-0.2, 0) is 31.9 Å². The minimum absolute atomic E-state index is 0.0522. The predicted octanol–water partition coefficient (Wildman–Crippen LogP) is 1.25. The van der Waals surface area contributed by atoms with E-state index in [0.717, 1.165) is 22.1 Å². The zero-order valence-electron chi connectivity index (χ0n) is 13.0. The van der Waals surface area contributed by atoms with E-state index in [1.54, 1.807) is 0 Å². The molecule has 6 nitrogen and oxygen atoms in total. The van der Waals surface area contributed by atoms with E-state index in [4.69, 9.17) is 4.84 Å². The van der Waals surface area contributed by atoms with Gasteiger partial charge in [0.2, 0.25) is 5.78 Å². The molecule has 9 heteroatoms. The van der Waals surface area contributed by atoms with Crippen LogP contribution in [0.1, 0.15) is 11.1 Å². The second-order valence-electron chi connectivity index (χ2n) is 5.35. The molecule has 1 fully saturated rings. The van der Waals surface area contributed by atoms with E-state index >= 15 is 0 Å².